The Labute approximate surface area is 140 Å². The molecule has 3 atom stereocenters. The van der Waals surface area contributed by atoms with Crippen molar-refractivity contribution in [2.24, 2.45) is 5.92 Å². The number of fused-ring (bicyclic) bond motifs is 3. The summed E-state index contributed by atoms with van der Waals surface area (Å²) in [7, 11) is 5.93. The Kier molecular flexibility index (Phi) is 5.59. The van der Waals surface area contributed by atoms with Crippen LogP contribution < -0.4 is 10.9 Å². The molecule has 2 radical (unpaired) electrons. The number of rotatable bonds is 3. The fourth-order valence-electron chi connectivity index (χ4n) is 3.21. The number of aromatic nitrogens is 2. The van der Waals surface area contributed by atoms with Gasteiger partial charge < -0.3 is 5.32 Å². The van der Waals surface area contributed by atoms with Crippen LogP contribution in [0.4, 0.5) is 5.82 Å². The van der Waals surface area contributed by atoms with E-state index in [-0.39, 0.29) is 12.0 Å². The predicted molar refractivity (Wildman–Crippen MR) is 99.4 cm³/mol. The molecule has 23 heavy (non-hydrogen) atoms. The number of hydrogen-bond donors (Lipinski definition) is 1. The van der Waals surface area contributed by atoms with E-state index in [0.717, 1.165) is 29.2 Å². The van der Waals surface area contributed by atoms with E-state index < -0.39 is 0 Å². The fourth-order valence-corrected chi connectivity index (χ4v) is 3.21. The van der Waals surface area contributed by atoms with Gasteiger partial charge in [0.1, 0.15) is 13.7 Å². The Bertz CT molecular complexity index is 661. The minimum Gasteiger partial charge on any atom is -0.361 e. The van der Waals surface area contributed by atoms with Crippen LogP contribution in [0.15, 0.2) is 49.1 Å². The molecule has 3 rings (SSSR count). The number of allylic oxidation sites excluding steroid dienone is 4. The van der Waals surface area contributed by atoms with E-state index in [1.54, 1.807) is 6.08 Å². The molecule has 118 valence electrons. The molecule has 0 bridgehead atoms. The van der Waals surface area contributed by atoms with Crippen molar-refractivity contribution >= 4 is 19.3 Å². The van der Waals surface area contributed by atoms with Gasteiger partial charge in [-0.2, -0.15) is 0 Å². The van der Waals surface area contributed by atoms with Gasteiger partial charge in [0.15, 0.2) is 0 Å². The van der Waals surface area contributed by atoms with Crippen molar-refractivity contribution in [3.05, 3.63) is 60.5 Å². The van der Waals surface area contributed by atoms with Crippen LogP contribution in [0.1, 0.15) is 37.6 Å². The lowest BCUT2D eigenvalue weighted by molar-refractivity contribution is 0.445. The summed E-state index contributed by atoms with van der Waals surface area (Å²) in [6, 6.07) is 0.172. The maximum absolute atomic E-state index is 5.93. The predicted octanol–water partition coefficient (Wildman–Crippen LogP) is 3.36. The van der Waals surface area contributed by atoms with Crippen LogP contribution in [0.2, 0.25) is 0 Å². The molecular formula is C19H24BN3. The highest BCUT2D eigenvalue weighted by Crippen LogP contribution is 2.44. The van der Waals surface area contributed by atoms with Crippen molar-refractivity contribution in [2.75, 3.05) is 5.32 Å². The van der Waals surface area contributed by atoms with E-state index in [1.165, 1.54) is 0 Å². The van der Waals surface area contributed by atoms with Gasteiger partial charge in [0.05, 0.1) is 17.4 Å². The van der Waals surface area contributed by atoms with Gasteiger partial charge in [-0.1, -0.05) is 57.4 Å². The second-order valence-electron chi connectivity index (χ2n) is 5.51. The van der Waals surface area contributed by atoms with Crippen molar-refractivity contribution in [1.29, 1.82) is 0 Å². The zero-order chi connectivity index (χ0) is 17.0. The Morgan fingerprint density at radius 3 is 2.74 bits per heavy atom. The Morgan fingerprint density at radius 2 is 2.09 bits per heavy atom. The van der Waals surface area contributed by atoms with Crippen molar-refractivity contribution in [3.8, 4) is 0 Å². The number of hydrogen-bond acceptors (Lipinski definition) is 3. The largest absolute Gasteiger partial charge is 0.361 e. The molecule has 0 spiro atoms. The van der Waals surface area contributed by atoms with Gasteiger partial charge in [0.2, 0.25) is 0 Å². The molecule has 3 nitrogen and oxygen atoms in total. The Balaban J connectivity index is 0.000000924. The maximum atomic E-state index is 5.93. The van der Waals surface area contributed by atoms with Gasteiger partial charge in [-0.25, -0.2) is 4.98 Å². The van der Waals surface area contributed by atoms with E-state index >= 15 is 0 Å². The van der Waals surface area contributed by atoms with Crippen LogP contribution in [0.25, 0.3) is 0 Å². The minimum absolute atomic E-state index is 0.172. The normalized spacial score (nSPS) is 24.7. The number of aryl methyl sites for hydroxylation is 1. The SMILES string of the molecule is CC.[B]c1nc2c(nc1C)NC(/C(C=C)=C/C=C)C1CC=CC21. The van der Waals surface area contributed by atoms with E-state index in [4.69, 9.17) is 7.85 Å². The number of anilines is 1. The van der Waals surface area contributed by atoms with E-state index in [9.17, 15) is 0 Å². The van der Waals surface area contributed by atoms with Gasteiger partial charge in [0.25, 0.3) is 0 Å². The average Bonchev–Trinajstić information content (AvgIpc) is 3.05. The summed E-state index contributed by atoms with van der Waals surface area (Å²) >= 11 is 0. The van der Waals surface area contributed by atoms with E-state index in [0.29, 0.717) is 11.5 Å². The lowest BCUT2D eigenvalue weighted by Gasteiger charge is -2.36. The smallest absolute Gasteiger partial charge is 0.149 e. The second-order valence-corrected chi connectivity index (χ2v) is 5.51. The molecular weight excluding hydrogens is 281 g/mol. The van der Waals surface area contributed by atoms with Crippen molar-refractivity contribution in [1.82, 2.24) is 9.97 Å². The molecule has 3 unspecified atom stereocenters. The van der Waals surface area contributed by atoms with Crippen LogP contribution in [-0.4, -0.2) is 23.9 Å². The minimum atomic E-state index is 0.172. The molecule has 0 amide bonds. The summed E-state index contributed by atoms with van der Waals surface area (Å²) in [6.45, 7) is 13.6. The van der Waals surface area contributed by atoms with Crippen LogP contribution in [-0.2, 0) is 0 Å². The first kappa shape index (κ1) is 17.3. The fraction of sp³-hybridized carbons (Fsp3) is 0.368. The second kappa shape index (κ2) is 7.45. The van der Waals surface area contributed by atoms with Crippen LogP contribution >= 0.6 is 0 Å². The third kappa shape index (κ3) is 3.16. The molecule has 1 aliphatic carbocycles. The highest BCUT2D eigenvalue weighted by Gasteiger charge is 2.39. The van der Waals surface area contributed by atoms with Gasteiger partial charge in [-0.05, 0) is 24.8 Å². The molecule has 0 saturated carbocycles. The summed E-state index contributed by atoms with van der Waals surface area (Å²) < 4.78 is 0. The Hall–Kier alpha value is -2.10. The molecule has 4 heteroatoms. The highest BCUT2D eigenvalue weighted by molar-refractivity contribution is 6.31. The molecule has 0 saturated heterocycles. The summed E-state index contributed by atoms with van der Waals surface area (Å²) in [6.07, 6.45) is 11.1. The van der Waals surface area contributed by atoms with Crippen molar-refractivity contribution < 1.29 is 0 Å². The third-order valence-electron chi connectivity index (χ3n) is 4.29. The lowest BCUT2D eigenvalue weighted by Crippen LogP contribution is -2.39. The van der Waals surface area contributed by atoms with Crippen molar-refractivity contribution in [2.45, 2.75) is 39.2 Å². The lowest BCUT2D eigenvalue weighted by atomic mass is 9.79. The standard InChI is InChI=1S/C17H18BN3.C2H6/c1-4-7-11(5-2)14-12-8-6-9-13(12)15-17(21-14)19-10(3)16(18)20-15;1-2/h4-7,9,12-14H,1-2,8H2,3H3,(H,19,21);1-2H3/b11-7+;. The van der Waals surface area contributed by atoms with Crippen LogP contribution in [0.3, 0.4) is 0 Å². The molecule has 1 aromatic rings. The topological polar surface area (TPSA) is 37.8 Å². The molecule has 1 N–H and O–H groups in total. The van der Waals surface area contributed by atoms with E-state index in [2.05, 4.69) is 40.6 Å². The molecule has 0 aromatic carbocycles. The summed E-state index contributed by atoms with van der Waals surface area (Å²) in [4.78, 5) is 9.14. The Morgan fingerprint density at radius 1 is 1.35 bits per heavy atom. The monoisotopic (exact) mass is 305 g/mol. The van der Waals surface area contributed by atoms with Crippen LogP contribution in [0, 0.1) is 12.8 Å². The number of nitrogens with one attached hydrogen (secondary N) is 1. The molecule has 0 fully saturated rings. The molecule has 2 heterocycles. The highest BCUT2D eigenvalue weighted by atomic mass is 15.1. The first-order valence-electron chi connectivity index (χ1n) is 8.18. The summed E-state index contributed by atoms with van der Waals surface area (Å²) in [5.74, 6) is 1.50. The first-order valence-corrected chi connectivity index (χ1v) is 8.18. The van der Waals surface area contributed by atoms with E-state index in [1.807, 2.05) is 32.9 Å². The van der Waals surface area contributed by atoms with Gasteiger partial charge in [-0.3, -0.25) is 4.98 Å². The molecule has 1 aromatic heterocycles. The first-order chi connectivity index (χ1) is 11.2. The zero-order valence-corrected chi connectivity index (χ0v) is 14.2. The summed E-state index contributed by atoms with van der Waals surface area (Å²) in [5, 5.41) is 3.52. The summed E-state index contributed by atoms with van der Waals surface area (Å²) in [5.41, 5.74) is 3.35. The van der Waals surface area contributed by atoms with Crippen molar-refractivity contribution in [3.63, 3.8) is 0 Å². The van der Waals surface area contributed by atoms with Gasteiger partial charge in [-0.15, -0.1) is 0 Å². The number of nitrogens with zero attached hydrogens (tertiary/aromatic N) is 2. The third-order valence-corrected chi connectivity index (χ3v) is 4.29. The van der Waals surface area contributed by atoms with Crippen LogP contribution in [0.5, 0.6) is 0 Å². The maximum Gasteiger partial charge on any atom is 0.149 e. The zero-order valence-electron chi connectivity index (χ0n) is 14.2. The quantitative estimate of drug-likeness (QED) is 0.528. The van der Waals surface area contributed by atoms with Gasteiger partial charge >= 0.3 is 0 Å². The molecule has 2 aliphatic rings. The average molecular weight is 305 g/mol. The van der Waals surface area contributed by atoms with Gasteiger partial charge in [0, 0.05) is 11.5 Å². The molecule has 1 aliphatic heterocycles.